The number of rotatable bonds is 3. The maximum atomic E-state index is 14.5. The molecule has 0 aliphatic heterocycles. The van der Waals surface area contributed by atoms with Crippen LogP contribution >= 0.6 is 0 Å². The standard InChI is InChI=1S/C32H46N2O4S/c1-9-39(37,38)34-32-14-12-27(2,3)18-21(32)25-22(35)16-24-29(6)17-20(19-33)26(36)28(4,5)23(29)10-11-30(24,7)31(25,8)13-15-32/h16-17,21,23,25,34H,9-15,18H2,1-8H3. The summed E-state index contributed by atoms with van der Waals surface area (Å²) in [5, 5.41) is 9.89. The monoisotopic (exact) mass is 554 g/mol. The molecule has 0 radical (unpaired) electrons. The van der Waals surface area contributed by atoms with Gasteiger partial charge in [-0.3, -0.25) is 9.59 Å². The third-order valence-electron chi connectivity index (χ3n) is 12.6. The molecule has 1 N–H and O–H groups in total. The number of hydrogen-bond acceptors (Lipinski definition) is 5. The highest BCUT2D eigenvalue weighted by Gasteiger charge is 2.70. The molecule has 0 aromatic rings. The fraction of sp³-hybridized carbons (Fsp3) is 0.781. The van der Waals surface area contributed by atoms with Gasteiger partial charge >= 0.3 is 0 Å². The average Bonchev–Trinajstić information content (AvgIpc) is 2.83. The van der Waals surface area contributed by atoms with E-state index in [-0.39, 0.29) is 56.9 Å². The lowest BCUT2D eigenvalue weighted by Gasteiger charge is -2.69. The van der Waals surface area contributed by atoms with Crippen molar-refractivity contribution in [1.82, 2.24) is 4.72 Å². The summed E-state index contributed by atoms with van der Waals surface area (Å²) in [6, 6.07) is 2.17. The molecule has 3 fully saturated rings. The molecular weight excluding hydrogens is 508 g/mol. The van der Waals surface area contributed by atoms with Gasteiger partial charge in [-0.15, -0.1) is 0 Å². The van der Waals surface area contributed by atoms with Crippen molar-refractivity contribution in [3.8, 4) is 6.07 Å². The highest BCUT2D eigenvalue weighted by Crippen LogP contribution is 2.73. The van der Waals surface area contributed by atoms with Crippen molar-refractivity contribution in [2.45, 2.75) is 106 Å². The number of nitrogens with zero attached hydrogens (tertiary/aromatic N) is 1. The zero-order chi connectivity index (χ0) is 29.0. The minimum absolute atomic E-state index is 0.00883. The number of allylic oxidation sites excluding steroid dienone is 4. The second kappa shape index (κ2) is 8.38. The van der Waals surface area contributed by atoms with E-state index in [4.69, 9.17) is 0 Å². The Kier molecular flexibility index (Phi) is 6.18. The van der Waals surface area contributed by atoms with Gasteiger partial charge in [-0.1, -0.05) is 60.1 Å². The summed E-state index contributed by atoms with van der Waals surface area (Å²) in [5.41, 5.74) is -1.21. The number of hydrogen-bond donors (Lipinski definition) is 1. The lowest BCUT2D eigenvalue weighted by molar-refractivity contribution is -0.159. The first-order valence-corrected chi connectivity index (χ1v) is 16.4. The third kappa shape index (κ3) is 3.76. The van der Waals surface area contributed by atoms with Crippen LogP contribution in [0.4, 0.5) is 0 Å². The van der Waals surface area contributed by atoms with Crippen LogP contribution in [0.5, 0.6) is 0 Å². The number of nitriles is 1. The first kappa shape index (κ1) is 28.7. The zero-order valence-electron chi connectivity index (χ0n) is 25.0. The molecule has 0 saturated heterocycles. The minimum atomic E-state index is -3.45. The van der Waals surface area contributed by atoms with E-state index in [2.05, 4.69) is 45.4 Å². The highest BCUT2D eigenvalue weighted by atomic mass is 32.2. The first-order chi connectivity index (χ1) is 17.8. The lowest BCUT2D eigenvalue weighted by Crippen LogP contribution is -2.69. The molecule has 0 bridgehead atoms. The quantitative estimate of drug-likeness (QED) is 0.468. The first-order valence-electron chi connectivity index (χ1n) is 14.8. The Morgan fingerprint density at radius 2 is 1.64 bits per heavy atom. The second-order valence-corrected chi connectivity index (χ2v) is 17.4. The highest BCUT2D eigenvalue weighted by molar-refractivity contribution is 7.89. The Morgan fingerprint density at radius 3 is 2.26 bits per heavy atom. The summed E-state index contributed by atoms with van der Waals surface area (Å²) in [6.07, 6.45) is 9.44. The van der Waals surface area contributed by atoms with Gasteiger partial charge in [0.1, 0.15) is 6.07 Å². The Morgan fingerprint density at radius 1 is 1.00 bits per heavy atom. The number of ketones is 2. The topological polar surface area (TPSA) is 104 Å². The van der Waals surface area contributed by atoms with Gasteiger partial charge in [0.2, 0.25) is 10.0 Å². The molecule has 7 atom stereocenters. The SMILES string of the molecule is CCS(=O)(=O)NC12CCC(C)(C)CC1C1C(=O)C=C3C4(C)C=C(C#N)C(=O)C(C)(C)C4CCC3(C)C1(C)CC2. The Balaban J connectivity index is 1.69. The Bertz CT molecular complexity index is 1350. The van der Waals surface area contributed by atoms with Crippen LogP contribution in [0.2, 0.25) is 0 Å². The molecule has 5 aliphatic rings. The Labute approximate surface area is 235 Å². The number of Topliss-reactive ketones (excluding diaryl/α,β-unsaturated/α-hetero) is 1. The second-order valence-electron chi connectivity index (χ2n) is 15.4. The largest absolute Gasteiger partial charge is 0.295 e. The van der Waals surface area contributed by atoms with Gasteiger partial charge in [0.15, 0.2) is 11.6 Å². The van der Waals surface area contributed by atoms with E-state index >= 15 is 0 Å². The van der Waals surface area contributed by atoms with Crippen molar-refractivity contribution >= 4 is 21.6 Å². The number of sulfonamides is 1. The van der Waals surface area contributed by atoms with Crippen molar-refractivity contribution in [3.63, 3.8) is 0 Å². The fourth-order valence-electron chi connectivity index (χ4n) is 10.2. The number of fused-ring (bicyclic) bond motifs is 7. The lowest BCUT2D eigenvalue weighted by atomic mass is 9.35. The van der Waals surface area contributed by atoms with Gasteiger partial charge in [-0.2, -0.15) is 5.26 Å². The number of carbonyl (C=O) groups excluding carboxylic acids is 2. The van der Waals surface area contributed by atoms with Crippen molar-refractivity contribution in [2.75, 3.05) is 5.75 Å². The van der Waals surface area contributed by atoms with Crippen molar-refractivity contribution in [1.29, 1.82) is 5.26 Å². The van der Waals surface area contributed by atoms with Crippen LogP contribution in [-0.2, 0) is 19.6 Å². The molecule has 5 aliphatic carbocycles. The van der Waals surface area contributed by atoms with Crippen LogP contribution in [0.3, 0.4) is 0 Å². The molecule has 7 unspecified atom stereocenters. The molecular formula is C32H46N2O4S. The fourth-order valence-corrected chi connectivity index (χ4v) is 11.3. The van der Waals surface area contributed by atoms with Crippen LogP contribution in [-0.4, -0.2) is 31.3 Å². The summed E-state index contributed by atoms with van der Waals surface area (Å²) in [6.45, 7) is 16.8. The molecule has 0 amide bonds. The van der Waals surface area contributed by atoms with E-state index < -0.39 is 26.4 Å². The number of carbonyl (C=O) groups is 2. The van der Waals surface area contributed by atoms with E-state index in [0.29, 0.717) is 0 Å². The molecule has 0 heterocycles. The third-order valence-corrected chi connectivity index (χ3v) is 14.1. The van der Waals surface area contributed by atoms with Gasteiger partial charge in [0.05, 0.1) is 11.3 Å². The minimum Gasteiger partial charge on any atom is -0.295 e. The van der Waals surface area contributed by atoms with Crippen molar-refractivity contribution in [2.24, 2.45) is 44.8 Å². The van der Waals surface area contributed by atoms with Crippen LogP contribution in [0, 0.1) is 56.2 Å². The Hall–Kier alpha value is -1.78. The van der Waals surface area contributed by atoms with Crippen molar-refractivity contribution < 1.29 is 18.0 Å². The van der Waals surface area contributed by atoms with Gasteiger partial charge < -0.3 is 0 Å². The summed E-state index contributed by atoms with van der Waals surface area (Å²) in [7, 11) is -3.45. The molecule has 39 heavy (non-hydrogen) atoms. The normalized spacial score (nSPS) is 44.5. The summed E-state index contributed by atoms with van der Waals surface area (Å²) >= 11 is 0. The maximum Gasteiger partial charge on any atom is 0.211 e. The van der Waals surface area contributed by atoms with Gasteiger partial charge in [-0.05, 0) is 86.0 Å². The molecule has 6 nitrogen and oxygen atoms in total. The van der Waals surface area contributed by atoms with Crippen LogP contribution in [0.25, 0.3) is 0 Å². The van der Waals surface area contributed by atoms with E-state index in [9.17, 15) is 23.3 Å². The van der Waals surface area contributed by atoms with E-state index in [0.717, 1.165) is 50.5 Å². The van der Waals surface area contributed by atoms with Crippen molar-refractivity contribution in [3.05, 3.63) is 23.3 Å². The molecule has 0 spiro atoms. The summed E-state index contributed by atoms with van der Waals surface area (Å²) < 4.78 is 29.1. The van der Waals surface area contributed by atoms with Crippen LogP contribution in [0.1, 0.15) is 100 Å². The van der Waals surface area contributed by atoms with Gasteiger partial charge in [0.25, 0.3) is 0 Å². The van der Waals surface area contributed by atoms with Crippen LogP contribution in [0.15, 0.2) is 23.3 Å². The maximum absolute atomic E-state index is 14.5. The molecule has 7 heteroatoms. The predicted molar refractivity (Wildman–Crippen MR) is 152 cm³/mol. The zero-order valence-corrected chi connectivity index (χ0v) is 25.8. The summed E-state index contributed by atoms with van der Waals surface area (Å²) in [5.74, 6) is -0.325. The predicted octanol–water partition coefficient (Wildman–Crippen LogP) is 5.90. The van der Waals surface area contributed by atoms with Gasteiger partial charge in [0, 0.05) is 22.3 Å². The smallest absolute Gasteiger partial charge is 0.211 e. The molecule has 214 valence electrons. The molecule has 5 rings (SSSR count). The molecule has 3 saturated carbocycles. The van der Waals surface area contributed by atoms with Crippen LogP contribution < -0.4 is 4.72 Å². The van der Waals surface area contributed by atoms with E-state index in [1.165, 1.54) is 0 Å². The summed E-state index contributed by atoms with van der Waals surface area (Å²) in [4.78, 5) is 27.7. The van der Waals surface area contributed by atoms with Gasteiger partial charge in [-0.25, -0.2) is 13.1 Å². The van der Waals surface area contributed by atoms with E-state index in [1.807, 2.05) is 26.0 Å². The number of nitrogens with one attached hydrogen (secondary N) is 1. The average molecular weight is 555 g/mol. The molecule has 0 aromatic heterocycles. The van der Waals surface area contributed by atoms with E-state index in [1.54, 1.807) is 6.92 Å². The molecule has 0 aromatic carbocycles.